The zero-order valence-corrected chi connectivity index (χ0v) is 17.8. The fourth-order valence-electron chi connectivity index (χ4n) is 4.48. The lowest BCUT2D eigenvalue weighted by atomic mass is 9.72. The minimum atomic E-state index is -1.72. The second-order valence-electron chi connectivity index (χ2n) is 7.28. The van der Waals surface area contributed by atoms with E-state index in [9.17, 15) is 20.0 Å². The Hall–Kier alpha value is -2.03. The summed E-state index contributed by atoms with van der Waals surface area (Å²) in [6.45, 7) is 1.87. The van der Waals surface area contributed by atoms with Crippen LogP contribution in [-0.2, 0) is 9.53 Å². The first kappa shape index (κ1) is 21.7. The number of benzene rings is 1. The van der Waals surface area contributed by atoms with Crippen molar-refractivity contribution >= 4 is 29.2 Å². The molecule has 1 aromatic carbocycles. The number of aliphatic hydroxyl groups is 1. The third-order valence-electron chi connectivity index (χ3n) is 5.66. The number of hydrogen-bond acceptors (Lipinski definition) is 7. The summed E-state index contributed by atoms with van der Waals surface area (Å²) in [5.41, 5.74) is -1.24. The average molecular weight is 445 g/mol. The molecule has 1 fully saturated rings. The van der Waals surface area contributed by atoms with Crippen molar-refractivity contribution < 1.29 is 24.3 Å². The van der Waals surface area contributed by atoms with E-state index in [1.54, 1.807) is 4.90 Å². The van der Waals surface area contributed by atoms with Crippen LogP contribution in [0.2, 0.25) is 10.0 Å². The highest BCUT2D eigenvalue weighted by Crippen LogP contribution is 2.52. The molecule has 3 atom stereocenters. The number of fused-ring (bicyclic) bond motifs is 1. The summed E-state index contributed by atoms with van der Waals surface area (Å²) in [5, 5.41) is 24.0. The molecule has 0 saturated carbocycles. The van der Waals surface area contributed by atoms with Gasteiger partial charge in [-0.05, 0) is 38.3 Å². The molecule has 0 spiro atoms. The number of carbonyl (C=O) groups is 1. The Morgan fingerprint density at radius 2 is 2.03 bits per heavy atom. The van der Waals surface area contributed by atoms with Gasteiger partial charge < -0.3 is 19.5 Å². The molecule has 29 heavy (non-hydrogen) atoms. The monoisotopic (exact) mass is 444 g/mol. The lowest BCUT2D eigenvalue weighted by Gasteiger charge is -2.50. The number of nitrogens with zero attached hydrogens (tertiary/aromatic N) is 2. The quantitative estimate of drug-likeness (QED) is 0.430. The van der Waals surface area contributed by atoms with Crippen molar-refractivity contribution in [3.05, 3.63) is 49.2 Å². The third kappa shape index (κ3) is 3.53. The maximum Gasteiger partial charge on any atom is 0.314 e. The van der Waals surface area contributed by atoms with E-state index < -0.39 is 28.5 Å². The Morgan fingerprint density at radius 3 is 2.62 bits per heavy atom. The molecule has 10 heteroatoms. The van der Waals surface area contributed by atoms with Crippen LogP contribution in [0.3, 0.4) is 0 Å². The predicted molar refractivity (Wildman–Crippen MR) is 106 cm³/mol. The smallest absolute Gasteiger partial charge is 0.314 e. The van der Waals surface area contributed by atoms with Crippen molar-refractivity contribution in [3.63, 3.8) is 0 Å². The van der Waals surface area contributed by atoms with Gasteiger partial charge in [-0.3, -0.25) is 14.9 Å². The number of hydrogen-bond donors (Lipinski definition) is 1. The van der Waals surface area contributed by atoms with Crippen LogP contribution >= 0.6 is 23.2 Å². The number of ether oxygens (including phenoxy) is 2. The molecule has 3 rings (SSSR count). The highest BCUT2D eigenvalue weighted by Gasteiger charge is 2.59. The van der Waals surface area contributed by atoms with Crippen molar-refractivity contribution in [2.45, 2.75) is 37.8 Å². The summed E-state index contributed by atoms with van der Waals surface area (Å²) < 4.78 is 10.3. The molecule has 0 aromatic heterocycles. The van der Waals surface area contributed by atoms with E-state index in [1.165, 1.54) is 33.3 Å². The van der Waals surface area contributed by atoms with Gasteiger partial charge in [0, 0.05) is 17.1 Å². The average Bonchev–Trinajstić information content (AvgIpc) is 2.66. The molecule has 2 aliphatic heterocycles. The zero-order chi connectivity index (χ0) is 21.5. The second-order valence-corrected chi connectivity index (χ2v) is 8.12. The van der Waals surface area contributed by atoms with Gasteiger partial charge in [0.2, 0.25) is 0 Å². The highest BCUT2D eigenvalue weighted by molar-refractivity contribution is 6.35. The number of rotatable bonds is 4. The first-order valence-electron chi connectivity index (χ1n) is 9.13. The summed E-state index contributed by atoms with van der Waals surface area (Å²) >= 11 is 12.4. The molecule has 158 valence electrons. The Kier molecular flexibility index (Phi) is 5.98. The van der Waals surface area contributed by atoms with Crippen molar-refractivity contribution in [2.24, 2.45) is 5.92 Å². The van der Waals surface area contributed by atoms with E-state index in [4.69, 9.17) is 32.7 Å². The van der Waals surface area contributed by atoms with Crippen molar-refractivity contribution in [1.29, 1.82) is 0 Å². The van der Waals surface area contributed by atoms with Gasteiger partial charge in [0.15, 0.2) is 0 Å². The number of allylic oxidation sites excluding steroid dienone is 2. The maximum absolute atomic E-state index is 12.8. The van der Waals surface area contributed by atoms with Gasteiger partial charge in [-0.2, -0.15) is 0 Å². The molecular formula is C19H22Cl2N2O6. The first-order valence-corrected chi connectivity index (χ1v) is 9.88. The topological polar surface area (TPSA) is 102 Å². The van der Waals surface area contributed by atoms with E-state index in [0.29, 0.717) is 18.7 Å². The van der Waals surface area contributed by atoms with Crippen molar-refractivity contribution in [1.82, 2.24) is 4.90 Å². The van der Waals surface area contributed by atoms with Gasteiger partial charge >= 0.3 is 5.97 Å². The van der Waals surface area contributed by atoms with Crippen molar-refractivity contribution in [3.8, 4) is 5.75 Å². The molecule has 0 aliphatic carbocycles. The Balaban J connectivity index is 2.39. The van der Waals surface area contributed by atoms with Gasteiger partial charge in [0.1, 0.15) is 17.4 Å². The van der Waals surface area contributed by atoms with Gasteiger partial charge in [-0.15, -0.1) is 0 Å². The van der Waals surface area contributed by atoms with Crippen LogP contribution in [0.5, 0.6) is 5.75 Å². The molecule has 0 amide bonds. The lowest BCUT2D eigenvalue weighted by molar-refractivity contribution is -0.439. The van der Waals surface area contributed by atoms with Crippen LogP contribution in [0.15, 0.2) is 23.5 Å². The second kappa shape index (κ2) is 8.01. The van der Waals surface area contributed by atoms with Crippen LogP contribution in [0.25, 0.3) is 0 Å². The molecule has 8 nitrogen and oxygen atoms in total. The molecule has 0 unspecified atom stereocenters. The Bertz CT molecular complexity index is 886. The molecule has 1 aromatic rings. The third-order valence-corrected chi connectivity index (χ3v) is 6.16. The number of piperidine rings is 1. The standard InChI is InChI=1S/C19H22Cl2N2O6/c1-19(25)15(18(24)29-3)14(11-8-10(20)9-12(21)17(11)28-2)16(23(26)27)13-6-4-5-7-22(13)19/h8-9,14-15,25H,4-7H2,1-3H3/t14-,15+,19+/m0/s1. The van der Waals surface area contributed by atoms with Gasteiger partial charge in [0.25, 0.3) is 5.70 Å². The number of esters is 1. The van der Waals surface area contributed by atoms with Gasteiger partial charge in [0.05, 0.1) is 35.8 Å². The summed E-state index contributed by atoms with van der Waals surface area (Å²) in [4.78, 5) is 26.1. The highest BCUT2D eigenvalue weighted by atomic mass is 35.5. The van der Waals surface area contributed by atoms with Gasteiger partial charge in [-0.1, -0.05) is 23.2 Å². The summed E-state index contributed by atoms with van der Waals surface area (Å²) in [5.74, 6) is -3.07. The lowest BCUT2D eigenvalue weighted by Crippen LogP contribution is -2.60. The minimum Gasteiger partial charge on any atom is -0.495 e. The largest absolute Gasteiger partial charge is 0.495 e. The summed E-state index contributed by atoms with van der Waals surface area (Å²) in [6.07, 6.45) is 1.89. The van der Waals surface area contributed by atoms with E-state index >= 15 is 0 Å². The molecule has 0 radical (unpaired) electrons. The molecule has 1 saturated heterocycles. The predicted octanol–water partition coefficient (Wildman–Crippen LogP) is 3.57. The summed E-state index contributed by atoms with van der Waals surface area (Å²) in [6, 6.07) is 2.93. The van der Waals surface area contributed by atoms with Crippen LogP contribution in [0.1, 0.15) is 37.7 Å². The summed E-state index contributed by atoms with van der Waals surface area (Å²) in [7, 11) is 2.55. The number of carbonyl (C=O) groups excluding carboxylic acids is 1. The van der Waals surface area contributed by atoms with E-state index in [1.807, 2.05) is 0 Å². The van der Waals surface area contributed by atoms with E-state index in [0.717, 1.165) is 12.8 Å². The normalized spacial score (nSPS) is 26.8. The van der Waals surface area contributed by atoms with Crippen molar-refractivity contribution in [2.75, 3.05) is 20.8 Å². The van der Waals surface area contributed by atoms with Gasteiger partial charge in [-0.25, -0.2) is 0 Å². The molecule has 2 aliphatic rings. The number of halogens is 2. The number of methoxy groups -OCH3 is 2. The van der Waals surface area contributed by atoms with Crippen LogP contribution in [0, 0.1) is 16.0 Å². The minimum absolute atomic E-state index is 0.150. The fourth-order valence-corrected chi connectivity index (χ4v) is 5.06. The molecule has 0 bridgehead atoms. The van der Waals surface area contributed by atoms with Crippen LogP contribution in [0.4, 0.5) is 0 Å². The van der Waals surface area contributed by atoms with E-state index in [-0.39, 0.29) is 27.1 Å². The molecule has 1 N–H and O–H groups in total. The zero-order valence-electron chi connectivity index (χ0n) is 16.3. The molecular weight excluding hydrogens is 423 g/mol. The SMILES string of the molecule is COC(=O)[C@H]1[C@H](c2cc(Cl)cc(Cl)c2OC)C([N+](=O)[O-])=C2CCCCN2[C@]1(C)O. The van der Waals surface area contributed by atoms with Crippen LogP contribution < -0.4 is 4.74 Å². The van der Waals surface area contributed by atoms with E-state index in [2.05, 4.69) is 0 Å². The Morgan fingerprint density at radius 1 is 1.34 bits per heavy atom. The Labute approximate surface area is 178 Å². The maximum atomic E-state index is 12.8. The fraction of sp³-hybridized carbons (Fsp3) is 0.526. The molecule has 2 heterocycles. The first-order chi connectivity index (χ1) is 13.6. The van der Waals surface area contributed by atoms with Crippen LogP contribution in [-0.4, -0.2) is 47.4 Å². The number of nitro groups is 1.